The van der Waals surface area contributed by atoms with E-state index in [-0.39, 0.29) is 11.9 Å². The Bertz CT molecular complexity index is 580. The molecule has 1 N–H and O–H groups in total. The quantitative estimate of drug-likeness (QED) is 0.870. The molecule has 0 saturated carbocycles. The molecule has 8 heteroatoms. The van der Waals surface area contributed by atoms with Gasteiger partial charge in [0.2, 0.25) is 10.0 Å². The summed E-state index contributed by atoms with van der Waals surface area (Å²) in [6, 6.07) is 3.39. The summed E-state index contributed by atoms with van der Waals surface area (Å²) in [5, 5.41) is 2.89. The van der Waals surface area contributed by atoms with Crippen molar-refractivity contribution in [3.63, 3.8) is 0 Å². The lowest BCUT2D eigenvalue weighted by molar-refractivity contribution is 0.0919. The van der Waals surface area contributed by atoms with Crippen molar-refractivity contribution in [2.24, 2.45) is 0 Å². The first-order valence-corrected chi connectivity index (χ1v) is 8.88. The van der Waals surface area contributed by atoms with Gasteiger partial charge in [0.05, 0.1) is 6.26 Å². The number of amides is 1. The Balaban J connectivity index is 1.89. The largest absolute Gasteiger partial charge is 0.348 e. The predicted octanol–water partition coefficient (Wildman–Crippen LogP) is 0.998. The van der Waals surface area contributed by atoms with Crippen molar-refractivity contribution < 1.29 is 13.2 Å². The summed E-state index contributed by atoms with van der Waals surface area (Å²) >= 11 is 3.26. The molecule has 2 rings (SSSR count). The zero-order valence-electron chi connectivity index (χ0n) is 11.0. The van der Waals surface area contributed by atoms with Gasteiger partial charge in [-0.05, 0) is 40.9 Å². The molecule has 6 nitrogen and oxygen atoms in total. The Morgan fingerprint density at radius 2 is 2.05 bits per heavy atom. The van der Waals surface area contributed by atoms with Crippen molar-refractivity contribution in [1.29, 1.82) is 0 Å². The lowest BCUT2D eigenvalue weighted by atomic mass is 10.1. The van der Waals surface area contributed by atoms with Crippen LogP contribution in [0.4, 0.5) is 0 Å². The number of hydrogen-bond donors (Lipinski definition) is 1. The number of sulfonamides is 1. The molecule has 1 aliphatic rings. The van der Waals surface area contributed by atoms with Crippen LogP contribution in [-0.4, -0.2) is 49.0 Å². The minimum absolute atomic E-state index is 0.00838. The Hall–Kier alpha value is -0.990. The van der Waals surface area contributed by atoms with Crippen LogP contribution in [0.15, 0.2) is 22.8 Å². The van der Waals surface area contributed by atoms with Crippen LogP contribution in [0.2, 0.25) is 0 Å². The minimum atomic E-state index is -3.13. The summed E-state index contributed by atoms with van der Waals surface area (Å²) in [5.74, 6) is -0.227. The highest BCUT2D eigenvalue weighted by Gasteiger charge is 2.26. The number of nitrogens with zero attached hydrogens (tertiary/aromatic N) is 2. The number of carbonyl (C=O) groups is 1. The molecule has 2 heterocycles. The van der Waals surface area contributed by atoms with Crippen molar-refractivity contribution in [2.75, 3.05) is 19.3 Å². The lowest BCUT2D eigenvalue weighted by Crippen LogP contribution is -2.46. The highest BCUT2D eigenvalue weighted by molar-refractivity contribution is 9.10. The van der Waals surface area contributed by atoms with Gasteiger partial charge in [0.1, 0.15) is 5.69 Å². The third kappa shape index (κ3) is 4.00. The van der Waals surface area contributed by atoms with Crippen molar-refractivity contribution in [1.82, 2.24) is 14.6 Å². The molecular weight excluding hydrogens is 346 g/mol. The molecule has 1 aromatic heterocycles. The first kappa shape index (κ1) is 15.4. The molecular formula is C12H16BrN3O3S. The maximum atomic E-state index is 12.0. The minimum Gasteiger partial charge on any atom is -0.348 e. The summed E-state index contributed by atoms with van der Waals surface area (Å²) in [5.41, 5.74) is 0.360. The van der Waals surface area contributed by atoms with Gasteiger partial charge in [-0.15, -0.1) is 0 Å². The number of aromatic nitrogens is 1. The zero-order chi connectivity index (χ0) is 14.8. The van der Waals surface area contributed by atoms with Gasteiger partial charge in [-0.25, -0.2) is 17.7 Å². The maximum absolute atomic E-state index is 12.0. The standard InChI is InChI=1S/C12H16BrN3O3S/c1-20(18,19)16-6-4-10(5-7-16)15-12(17)11-3-2-9(13)8-14-11/h2-3,8,10H,4-7H2,1H3,(H,15,17). The number of carbonyl (C=O) groups excluding carboxylic acids is 1. The van der Waals surface area contributed by atoms with E-state index in [1.54, 1.807) is 18.3 Å². The Kier molecular flexibility index (Phi) is 4.77. The fourth-order valence-electron chi connectivity index (χ4n) is 2.10. The number of piperidine rings is 1. The number of halogens is 1. The average Bonchev–Trinajstić information content (AvgIpc) is 2.39. The molecule has 1 fully saturated rings. The summed E-state index contributed by atoms with van der Waals surface area (Å²) in [4.78, 5) is 16.0. The van der Waals surface area contributed by atoms with E-state index in [0.717, 1.165) is 4.47 Å². The van der Waals surface area contributed by atoms with Crippen LogP contribution in [-0.2, 0) is 10.0 Å². The lowest BCUT2D eigenvalue weighted by Gasteiger charge is -2.30. The molecule has 1 saturated heterocycles. The zero-order valence-corrected chi connectivity index (χ0v) is 13.4. The fraction of sp³-hybridized carbons (Fsp3) is 0.500. The third-order valence-electron chi connectivity index (χ3n) is 3.22. The van der Waals surface area contributed by atoms with E-state index < -0.39 is 10.0 Å². The van der Waals surface area contributed by atoms with Crippen LogP contribution in [0.3, 0.4) is 0 Å². The van der Waals surface area contributed by atoms with Gasteiger partial charge >= 0.3 is 0 Å². The highest BCUT2D eigenvalue weighted by atomic mass is 79.9. The van der Waals surface area contributed by atoms with Gasteiger partial charge < -0.3 is 5.32 Å². The molecule has 1 amide bonds. The Labute approximate surface area is 126 Å². The number of nitrogens with one attached hydrogen (secondary N) is 1. The third-order valence-corrected chi connectivity index (χ3v) is 4.99. The SMILES string of the molecule is CS(=O)(=O)N1CCC(NC(=O)c2ccc(Br)cn2)CC1. The van der Waals surface area contributed by atoms with Gasteiger partial charge in [0, 0.05) is 29.8 Å². The summed E-state index contributed by atoms with van der Waals surface area (Å²) in [7, 11) is -3.13. The summed E-state index contributed by atoms with van der Waals surface area (Å²) < 4.78 is 25.0. The monoisotopic (exact) mass is 361 g/mol. The normalized spacial score (nSPS) is 17.9. The number of pyridine rings is 1. The second-order valence-electron chi connectivity index (χ2n) is 4.77. The van der Waals surface area contributed by atoms with Crippen LogP contribution in [0.5, 0.6) is 0 Å². The molecule has 0 spiro atoms. The molecule has 0 atom stereocenters. The van der Waals surface area contributed by atoms with E-state index in [9.17, 15) is 13.2 Å². The highest BCUT2D eigenvalue weighted by Crippen LogP contribution is 2.14. The van der Waals surface area contributed by atoms with Crippen LogP contribution >= 0.6 is 15.9 Å². The molecule has 20 heavy (non-hydrogen) atoms. The van der Waals surface area contributed by atoms with Crippen LogP contribution < -0.4 is 5.32 Å². The summed E-state index contributed by atoms with van der Waals surface area (Å²) in [6.07, 6.45) is 4.02. The first-order valence-electron chi connectivity index (χ1n) is 6.24. The van der Waals surface area contributed by atoms with E-state index >= 15 is 0 Å². The van der Waals surface area contributed by atoms with Crippen LogP contribution in [0.25, 0.3) is 0 Å². The van der Waals surface area contributed by atoms with Gasteiger partial charge in [-0.1, -0.05) is 0 Å². The van der Waals surface area contributed by atoms with Gasteiger partial charge in [-0.3, -0.25) is 4.79 Å². The van der Waals surface area contributed by atoms with E-state index in [2.05, 4.69) is 26.2 Å². The fourth-order valence-corrected chi connectivity index (χ4v) is 3.21. The molecule has 0 unspecified atom stereocenters. The first-order chi connectivity index (χ1) is 9.36. The number of hydrogen-bond acceptors (Lipinski definition) is 4. The topological polar surface area (TPSA) is 79.4 Å². The molecule has 0 radical (unpaired) electrons. The Morgan fingerprint density at radius 3 is 2.55 bits per heavy atom. The Morgan fingerprint density at radius 1 is 1.40 bits per heavy atom. The van der Waals surface area contributed by atoms with E-state index in [1.807, 2.05) is 0 Å². The smallest absolute Gasteiger partial charge is 0.270 e. The van der Waals surface area contributed by atoms with E-state index in [0.29, 0.717) is 31.6 Å². The number of rotatable bonds is 3. The van der Waals surface area contributed by atoms with Gasteiger partial charge in [0.25, 0.3) is 5.91 Å². The van der Waals surface area contributed by atoms with Crippen molar-refractivity contribution in [3.8, 4) is 0 Å². The second-order valence-corrected chi connectivity index (χ2v) is 7.67. The van der Waals surface area contributed by atoms with Crippen LogP contribution in [0.1, 0.15) is 23.3 Å². The second kappa shape index (κ2) is 6.19. The van der Waals surface area contributed by atoms with E-state index in [1.165, 1.54) is 10.6 Å². The van der Waals surface area contributed by atoms with Crippen molar-refractivity contribution in [3.05, 3.63) is 28.5 Å². The van der Waals surface area contributed by atoms with Crippen molar-refractivity contribution >= 4 is 31.9 Å². The molecule has 0 bridgehead atoms. The molecule has 110 valence electrons. The van der Waals surface area contributed by atoms with E-state index in [4.69, 9.17) is 0 Å². The summed E-state index contributed by atoms with van der Waals surface area (Å²) in [6.45, 7) is 0.884. The van der Waals surface area contributed by atoms with Crippen LogP contribution in [0, 0.1) is 0 Å². The van der Waals surface area contributed by atoms with Gasteiger partial charge in [-0.2, -0.15) is 0 Å². The molecule has 1 aromatic rings. The molecule has 1 aliphatic heterocycles. The predicted molar refractivity (Wildman–Crippen MR) is 78.8 cm³/mol. The van der Waals surface area contributed by atoms with Gasteiger partial charge in [0.15, 0.2) is 0 Å². The van der Waals surface area contributed by atoms with Crippen molar-refractivity contribution in [2.45, 2.75) is 18.9 Å². The molecule has 0 aliphatic carbocycles. The molecule has 0 aromatic carbocycles. The maximum Gasteiger partial charge on any atom is 0.270 e. The average molecular weight is 362 g/mol.